The molecule has 8 heteroatoms. The average molecular weight is 428 g/mol. The van der Waals surface area contributed by atoms with E-state index in [2.05, 4.69) is 0 Å². The van der Waals surface area contributed by atoms with Gasteiger partial charge in [0.15, 0.2) is 0 Å². The molecule has 0 fully saturated rings. The van der Waals surface area contributed by atoms with Crippen LogP contribution in [0.4, 0.5) is 17.6 Å². The quantitative estimate of drug-likeness (QED) is 0.577. The highest BCUT2D eigenvalue weighted by Crippen LogP contribution is 2.27. The topological polar surface area (TPSA) is 95.2 Å². The molecule has 3 rings (SSSR count). The van der Waals surface area contributed by atoms with E-state index in [1.54, 1.807) is 24.3 Å². The van der Waals surface area contributed by atoms with Crippen LogP contribution in [0.25, 0.3) is 33.4 Å². The molecule has 0 aliphatic rings. The fourth-order valence-electron chi connectivity index (χ4n) is 3.23. The molecule has 0 radical (unpaired) electrons. The summed E-state index contributed by atoms with van der Waals surface area (Å²) in [6, 6.07) is 14.2. The maximum absolute atomic E-state index is 14.6. The van der Waals surface area contributed by atoms with Crippen LogP contribution in [-0.4, -0.2) is 0 Å². The number of nitrogens with zero attached hydrogens (tertiary/aromatic N) is 4. The molecule has 0 saturated carbocycles. The van der Waals surface area contributed by atoms with Crippen LogP contribution in [0.5, 0.6) is 0 Å². The Morgan fingerprint density at radius 3 is 1.06 bits per heavy atom. The van der Waals surface area contributed by atoms with Crippen molar-refractivity contribution in [3.63, 3.8) is 0 Å². The molecule has 0 aromatic heterocycles. The Balaban J connectivity index is 2.73. The van der Waals surface area contributed by atoms with Crippen LogP contribution >= 0.6 is 0 Å². The Kier molecular flexibility index (Phi) is 6.02. The predicted octanol–water partition coefficient (Wildman–Crippen LogP) is 3.97. The molecule has 3 aromatic rings. The van der Waals surface area contributed by atoms with Crippen LogP contribution in [-0.2, 0) is 0 Å². The Hall–Kier alpha value is -4.92. The molecule has 152 valence electrons. The van der Waals surface area contributed by atoms with E-state index in [1.165, 1.54) is 0 Å². The molecular weight excluding hydrogens is 420 g/mol. The zero-order chi connectivity index (χ0) is 23.4. The molecule has 0 bridgehead atoms. The normalized spacial score (nSPS) is 9.75. The Labute approximate surface area is 179 Å². The molecule has 0 N–H and O–H groups in total. The van der Waals surface area contributed by atoms with Crippen LogP contribution < -0.4 is 10.4 Å². The second kappa shape index (κ2) is 8.84. The molecule has 0 aliphatic carbocycles. The summed E-state index contributed by atoms with van der Waals surface area (Å²) >= 11 is 0. The largest absolute Gasteiger partial charge is 0.206 e. The summed E-state index contributed by atoms with van der Waals surface area (Å²) in [4.78, 5) is 0. The number of hydrogen-bond donors (Lipinski definition) is 0. The van der Waals surface area contributed by atoms with Gasteiger partial charge < -0.3 is 0 Å². The highest BCUT2D eigenvalue weighted by Gasteiger charge is 2.20. The fourth-order valence-corrected chi connectivity index (χ4v) is 3.23. The fraction of sp³-hybridized carbons (Fsp3) is 0. The van der Waals surface area contributed by atoms with Gasteiger partial charge in [0, 0.05) is 10.4 Å². The zero-order valence-corrected chi connectivity index (χ0v) is 15.9. The second-order valence-electron chi connectivity index (χ2n) is 6.33. The summed E-state index contributed by atoms with van der Waals surface area (Å²) in [6.45, 7) is 0. The third-order valence-corrected chi connectivity index (χ3v) is 4.61. The van der Waals surface area contributed by atoms with Gasteiger partial charge in [-0.2, -0.15) is 21.0 Å². The van der Waals surface area contributed by atoms with Gasteiger partial charge in [-0.15, -0.1) is 0 Å². The van der Waals surface area contributed by atoms with Gasteiger partial charge in [0.25, 0.3) is 0 Å². The summed E-state index contributed by atoms with van der Waals surface area (Å²) in [7, 11) is 0. The van der Waals surface area contributed by atoms with E-state index in [0.717, 1.165) is 48.5 Å². The molecule has 0 aliphatic heterocycles. The van der Waals surface area contributed by atoms with Crippen LogP contribution in [0.1, 0.15) is 0 Å². The number of nitriles is 4. The summed E-state index contributed by atoms with van der Waals surface area (Å²) in [5.41, 5.74) is -3.13. The van der Waals surface area contributed by atoms with Crippen molar-refractivity contribution >= 4 is 11.1 Å². The Bertz CT molecular complexity index is 1370. The van der Waals surface area contributed by atoms with Crippen molar-refractivity contribution in [1.82, 2.24) is 0 Å². The highest BCUT2D eigenvalue weighted by molar-refractivity contribution is 5.85. The molecule has 0 spiro atoms. The summed E-state index contributed by atoms with van der Waals surface area (Å²) in [5, 5.41) is 36.9. The van der Waals surface area contributed by atoms with Gasteiger partial charge in [-0.25, -0.2) is 17.6 Å². The first kappa shape index (κ1) is 21.8. The third kappa shape index (κ3) is 3.65. The first-order valence-electron chi connectivity index (χ1n) is 8.79. The van der Waals surface area contributed by atoms with Crippen molar-refractivity contribution in [2.45, 2.75) is 0 Å². The van der Waals surface area contributed by atoms with Gasteiger partial charge in [0.05, 0.1) is 11.1 Å². The van der Waals surface area contributed by atoms with Crippen LogP contribution in [0, 0.1) is 68.6 Å². The van der Waals surface area contributed by atoms with Gasteiger partial charge in [-0.1, -0.05) is 12.1 Å². The lowest BCUT2D eigenvalue weighted by molar-refractivity contribution is 0.588. The summed E-state index contributed by atoms with van der Waals surface area (Å²) in [6.07, 6.45) is 0. The Morgan fingerprint density at radius 2 is 0.812 bits per heavy atom. The van der Waals surface area contributed by atoms with E-state index < -0.39 is 45.5 Å². The minimum atomic E-state index is -1.05. The lowest BCUT2D eigenvalue weighted by Gasteiger charge is -2.12. The molecule has 0 amide bonds. The zero-order valence-electron chi connectivity index (χ0n) is 15.9. The first-order chi connectivity index (χ1) is 15.4. The number of benzene rings is 3. The molecule has 0 saturated heterocycles. The molecule has 3 aromatic carbocycles. The molecule has 32 heavy (non-hydrogen) atoms. The van der Waals surface area contributed by atoms with Gasteiger partial charge in [-0.3, -0.25) is 0 Å². The molecule has 4 nitrogen and oxygen atoms in total. The lowest BCUT2D eigenvalue weighted by atomic mass is 9.91. The van der Waals surface area contributed by atoms with Gasteiger partial charge in [-0.05, 0) is 47.5 Å². The van der Waals surface area contributed by atoms with Crippen molar-refractivity contribution < 1.29 is 17.6 Å². The molecular formula is C24H8F4N4. The van der Waals surface area contributed by atoms with Crippen LogP contribution in [0.2, 0.25) is 0 Å². The minimum Gasteiger partial charge on any atom is -0.206 e. The van der Waals surface area contributed by atoms with Gasteiger partial charge in [0.1, 0.15) is 58.7 Å². The van der Waals surface area contributed by atoms with Crippen molar-refractivity contribution in [3.8, 4) is 46.5 Å². The lowest BCUT2D eigenvalue weighted by Crippen LogP contribution is -2.21. The summed E-state index contributed by atoms with van der Waals surface area (Å²) in [5.74, 6) is -4.19. The average Bonchev–Trinajstić information content (AvgIpc) is 2.77. The monoisotopic (exact) mass is 428 g/mol. The molecule has 0 atom stereocenters. The Morgan fingerprint density at radius 1 is 0.531 bits per heavy atom. The van der Waals surface area contributed by atoms with Gasteiger partial charge >= 0.3 is 0 Å². The van der Waals surface area contributed by atoms with E-state index in [0.29, 0.717) is 0 Å². The SMILES string of the molecule is N#CC(C#N)=c1cc(-c2c(F)cccc2F)c(=C(C#N)C#N)cc1-c1c(F)cccc1F. The highest BCUT2D eigenvalue weighted by atomic mass is 19.1. The van der Waals surface area contributed by atoms with Crippen molar-refractivity contribution in [3.05, 3.63) is 82.2 Å². The third-order valence-electron chi connectivity index (χ3n) is 4.61. The van der Waals surface area contributed by atoms with Crippen LogP contribution in [0.15, 0.2) is 48.5 Å². The van der Waals surface area contributed by atoms with E-state index in [4.69, 9.17) is 0 Å². The number of hydrogen-bond acceptors (Lipinski definition) is 4. The van der Waals surface area contributed by atoms with E-state index in [9.17, 15) is 38.6 Å². The maximum atomic E-state index is 14.6. The predicted molar refractivity (Wildman–Crippen MR) is 106 cm³/mol. The molecule has 0 heterocycles. The summed E-state index contributed by atoms with van der Waals surface area (Å²) < 4.78 is 58.3. The van der Waals surface area contributed by atoms with Crippen molar-refractivity contribution in [1.29, 1.82) is 21.0 Å². The molecule has 0 unspecified atom stereocenters. The number of halogens is 4. The minimum absolute atomic E-state index is 0.323. The maximum Gasteiger partial charge on any atom is 0.137 e. The van der Waals surface area contributed by atoms with Gasteiger partial charge in [0.2, 0.25) is 0 Å². The van der Waals surface area contributed by atoms with E-state index >= 15 is 0 Å². The van der Waals surface area contributed by atoms with E-state index in [-0.39, 0.29) is 21.6 Å². The second-order valence-corrected chi connectivity index (χ2v) is 6.33. The smallest absolute Gasteiger partial charge is 0.137 e. The first-order valence-corrected chi connectivity index (χ1v) is 8.79. The van der Waals surface area contributed by atoms with Crippen molar-refractivity contribution in [2.24, 2.45) is 0 Å². The van der Waals surface area contributed by atoms with Crippen LogP contribution in [0.3, 0.4) is 0 Å². The van der Waals surface area contributed by atoms with Crippen molar-refractivity contribution in [2.75, 3.05) is 0 Å². The number of rotatable bonds is 2. The van der Waals surface area contributed by atoms with E-state index in [1.807, 2.05) is 0 Å². The standard InChI is InChI=1S/C24H8F4N4/c25-19-3-1-4-20(26)23(19)17-7-16(14(11-31)12-32)18(8-15(17)13(9-29)10-30)24-21(27)5-2-6-22(24)28/h1-8H.